The lowest BCUT2D eigenvalue weighted by molar-refractivity contribution is 0.457. The predicted octanol–water partition coefficient (Wildman–Crippen LogP) is 2.18. The summed E-state index contributed by atoms with van der Waals surface area (Å²) in [5, 5.41) is 9.13. The van der Waals surface area contributed by atoms with Crippen LogP contribution in [-0.2, 0) is 0 Å². The van der Waals surface area contributed by atoms with Crippen LogP contribution in [0.2, 0.25) is 0 Å². The van der Waals surface area contributed by atoms with E-state index in [0.717, 1.165) is 28.8 Å². The Kier molecular flexibility index (Phi) is 2.38. The van der Waals surface area contributed by atoms with Crippen LogP contribution in [0.5, 0.6) is 11.5 Å². The summed E-state index contributed by atoms with van der Waals surface area (Å²) in [6.07, 6.45) is 0. The first-order chi connectivity index (χ1) is 7.88. The Morgan fingerprint density at radius 3 is 2.69 bits per heavy atom. The zero-order valence-electron chi connectivity index (χ0n) is 8.38. The molecule has 0 aromatic heterocycles. The number of rotatable bonds is 1. The Labute approximate surface area is 98.5 Å². The second-order valence-corrected chi connectivity index (χ2v) is 4.54. The average molecular weight is 227 g/mol. The molecule has 0 aliphatic carbocycles. The molecule has 0 fully saturated rings. The molecule has 0 saturated carbocycles. The van der Waals surface area contributed by atoms with Crippen molar-refractivity contribution in [1.29, 1.82) is 0 Å². The summed E-state index contributed by atoms with van der Waals surface area (Å²) < 4.78 is 5.79. The maximum atomic E-state index is 9.13. The van der Waals surface area contributed by atoms with Crippen LogP contribution in [0.25, 0.3) is 0 Å². The maximum absolute atomic E-state index is 9.13. The van der Waals surface area contributed by atoms with Gasteiger partial charge in [-0.1, -0.05) is 36.0 Å². The summed E-state index contributed by atoms with van der Waals surface area (Å²) in [5.74, 6) is 1.57. The van der Waals surface area contributed by atoms with E-state index in [4.69, 9.17) is 9.76 Å². The average Bonchev–Trinajstić information content (AvgIpc) is 2.35. The second-order valence-electron chi connectivity index (χ2n) is 3.45. The molecule has 2 aromatic carbocycles. The molecular formula is C12H8BO2S. The molecule has 3 rings (SSSR count). The SMILES string of the molecule is O[B]c1cccc2c1Oc1ccccc1S2. The van der Waals surface area contributed by atoms with Gasteiger partial charge in [-0.3, -0.25) is 0 Å². The molecule has 16 heavy (non-hydrogen) atoms. The van der Waals surface area contributed by atoms with Crippen molar-refractivity contribution in [3.63, 3.8) is 0 Å². The van der Waals surface area contributed by atoms with Crippen molar-refractivity contribution in [3.8, 4) is 11.5 Å². The summed E-state index contributed by atoms with van der Waals surface area (Å²) >= 11 is 1.66. The minimum Gasteiger partial charge on any atom is -0.455 e. The highest BCUT2D eigenvalue weighted by Crippen LogP contribution is 2.45. The predicted molar refractivity (Wildman–Crippen MR) is 64.7 cm³/mol. The fraction of sp³-hybridized carbons (Fsp3) is 0. The van der Waals surface area contributed by atoms with Crippen LogP contribution >= 0.6 is 11.8 Å². The van der Waals surface area contributed by atoms with Gasteiger partial charge in [-0.2, -0.15) is 0 Å². The minimum absolute atomic E-state index is 0.708. The first-order valence-electron chi connectivity index (χ1n) is 4.93. The monoisotopic (exact) mass is 227 g/mol. The van der Waals surface area contributed by atoms with E-state index < -0.39 is 0 Å². The van der Waals surface area contributed by atoms with Gasteiger partial charge in [-0.05, 0) is 23.7 Å². The van der Waals surface area contributed by atoms with Crippen molar-refractivity contribution in [2.75, 3.05) is 0 Å². The summed E-state index contributed by atoms with van der Waals surface area (Å²) in [6, 6.07) is 13.6. The van der Waals surface area contributed by atoms with E-state index in [2.05, 4.69) is 0 Å². The molecule has 0 spiro atoms. The van der Waals surface area contributed by atoms with Crippen LogP contribution in [0.4, 0.5) is 0 Å². The van der Waals surface area contributed by atoms with Gasteiger partial charge in [0.15, 0.2) is 0 Å². The molecule has 1 heterocycles. The highest BCUT2D eigenvalue weighted by molar-refractivity contribution is 7.99. The number of ether oxygens (including phenoxy) is 1. The summed E-state index contributed by atoms with van der Waals surface area (Å²) in [7, 11) is 1.08. The van der Waals surface area contributed by atoms with E-state index in [1.54, 1.807) is 11.8 Å². The Balaban J connectivity index is 2.12. The molecule has 2 nitrogen and oxygen atoms in total. The fourth-order valence-corrected chi connectivity index (χ4v) is 2.66. The highest BCUT2D eigenvalue weighted by atomic mass is 32.2. The van der Waals surface area contributed by atoms with Gasteiger partial charge in [0, 0.05) is 0 Å². The first-order valence-corrected chi connectivity index (χ1v) is 5.75. The number of para-hydroxylation sites is 2. The van der Waals surface area contributed by atoms with Crippen molar-refractivity contribution in [3.05, 3.63) is 42.5 Å². The number of hydrogen-bond acceptors (Lipinski definition) is 3. The van der Waals surface area contributed by atoms with E-state index >= 15 is 0 Å². The molecule has 0 bridgehead atoms. The maximum Gasteiger partial charge on any atom is 0.330 e. The van der Waals surface area contributed by atoms with E-state index in [1.165, 1.54) is 0 Å². The topological polar surface area (TPSA) is 29.5 Å². The van der Waals surface area contributed by atoms with Gasteiger partial charge >= 0.3 is 7.48 Å². The zero-order valence-corrected chi connectivity index (χ0v) is 9.20. The standard InChI is InChI=1S/C12H8BO2S/c14-13-8-4-3-7-11-12(8)15-9-5-1-2-6-10(9)16-11/h1-7,14H. The molecule has 1 aliphatic rings. The molecule has 2 aromatic rings. The van der Waals surface area contributed by atoms with Crippen LogP contribution in [0.1, 0.15) is 0 Å². The summed E-state index contributed by atoms with van der Waals surface area (Å²) in [6.45, 7) is 0. The second kappa shape index (κ2) is 3.89. The molecule has 1 N–H and O–H groups in total. The Morgan fingerprint density at radius 1 is 1.00 bits per heavy atom. The van der Waals surface area contributed by atoms with Crippen molar-refractivity contribution in [2.45, 2.75) is 9.79 Å². The number of fused-ring (bicyclic) bond motifs is 2. The third-order valence-electron chi connectivity index (χ3n) is 2.43. The highest BCUT2D eigenvalue weighted by Gasteiger charge is 2.19. The minimum atomic E-state index is 0.708. The molecular weight excluding hydrogens is 219 g/mol. The van der Waals surface area contributed by atoms with Gasteiger partial charge < -0.3 is 9.76 Å². The third-order valence-corrected chi connectivity index (χ3v) is 3.53. The van der Waals surface area contributed by atoms with Gasteiger partial charge in [0.25, 0.3) is 0 Å². The molecule has 0 unspecified atom stereocenters. The zero-order chi connectivity index (χ0) is 11.0. The molecule has 1 aliphatic heterocycles. The Morgan fingerprint density at radius 2 is 1.81 bits per heavy atom. The largest absolute Gasteiger partial charge is 0.455 e. The van der Waals surface area contributed by atoms with Gasteiger partial charge in [0.05, 0.1) is 9.79 Å². The molecule has 4 heteroatoms. The van der Waals surface area contributed by atoms with Gasteiger partial charge in [-0.25, -0.2) is 0 Å². The van der Waals surface area contributed by atoms with E-state index in [-0.39, 0.29) is 0 Å². The van der Waals surface area contributed by atoms with Crippen molar-refractivity contribution in [2.24, 2.45) is 0 Å². The van der Waals surface area contributed by atoms with Crippen molar-refractivity contribution < 1.29 is 9.76 Å². The number of hydrogen-bond donors (Lipinski definition) is 1. The van der Waals surface area contributed by atoms with Crippen LogP contribution in [-0.4, -0.2) is 12.5 Å². The molecule has 1 radical (unpaired) electrons. The summed E-state index contributed by atoms with van der Waals surface area (Å²) in [5.41, 5.74) is 0.708. The Bertz CT molecular complexity index is 542. The smallest absolute Gasteiger partial charge is 0.330 e. The lowest BCUT2D eigenvalue weighted by Crippen LogP contribution is -2.17. The van der Waals surface area contributed by atoms with Crippen LogP contribution in [0.15, 0.2) is 52.3 Å². The van der Waals surface area contributed by atoms with E-state index in [1.807, 2.05) is 42.5 Å². The summed E-state index contributed by atoms with van der Waals surface area (Å²) in [4.78, 5) is 2.13. The van der Waals surface area contributed by atoms with Crippen molar-refractivity contribution in [1.82, 2.24) is 0 Å². The quantitative estimate of drug-likeness (QED) is 0.646. The molecule has 0 atom stereocenters. The van der Waals surface area contributed by atoms with Crippen LogP contribution < -0.4 is 10.2 Å². The van der Waals surface area contributed by atoms with Crippen molar-refractivity contribution >= 4 is 24.7 Å². The molecule has 0 saturated heterocycles. The lowest BCUT2D eigenvalue weighted by Gasteiger charge is -2.21. The van der Waals surface area contributed by atoms with Gasteiger partial charge in [0.2, 0.25) is 0 Å². The third kappa shape index (κ3) is 1.51. The van der Waals surface area contributed by atoms with Crippen LogP contribution in [0, 0.1) is 0 Å². The molecule has 0 amide bonds. The van der Waals surface area contributed by atoms with E-state index in [0.29, 0.717) is 5.46 Å². The van der Waals surface area contributed by atoms with E-state index in [9.17, 15) is 0 Å². The first kappa shape index (κ1) is 9.81. The fourth-order valence-electron chi connectivity index (χ4n) is 1.67. The normalized spacial score (nSPS) is 12.3. The Hall–Kier alpha value is -1.39. The number of benzene rings is 2. The van der Waals surface area contributed by atoms with Crippen LogP contribution in [0.3, 0.4) is 0 Å². The van der Waals surface area contributed by atoms with Gasteiger partial charge in [-0.15, -0.1) is 0 Å². The van der Waals surface area contributed by atoms with Gasteiger partial charge in [0.1, 0.15) is 11.5 Å². The molecule has 77 valence electrons. The lowest BCUT2D eigenvalue weighted by atomic mass is 9.88.